The number of thiophene rings is 1. The molecule has 0 saturated carbocycles. The zero-order valence-electron chi connectivity index (χ0n) is 9.86. The van der Waals surface area contributed by atoms with E-state index in [0.717, 1.165) is 15.8 Å². The topological polar surface area (TPSA) is 29.1 Å². The predicted octanol–water partition coefficient (Wildman–Crippen LogP) is 3.76. The highest BCUT2D eigenvalue weighted by Gasteiger charge is 2.03. The van der Waals surface area contributed by atoms with E-state index in [1.165, 1.54) is 5.56 Å². The van der Waals surface area contributed by atoms with E-state index in [1.807, 2.05) is 41.8 Å². The molecule has 0 aliphatic heterocycles. The molecule has 1 aromatic heterocycles. The first-order valence-electron chi connectivity index (χ1n) is 5.77. The van der Waals surface area contributed by atoms with Crippen molar-refractivity contribution >= 4 is 33.2 Å². The van der Waals surface area contributed by atoms with Gasteiger partial charge in [-0.3, -0.25) is 4.79 Å². The van der Waals surface area contributed by atoms with Crippen molar-refractivity contribution in [1.29, 1.82) is 0 Å². The molecule has 0 aliphatic rings. The van der Waals surface area contributed by atoms with Gasteiger partial charge in [-0.2, -0.15) is 0 Å². The third-order valence-electron chi connectivity index (χ3n) is 2.57. The number of rotatable bonds is 5. The second kappa shape index (κ2) is 6.71. The molecule has 0 atom stereocenters. The summed E-state index contributed by atoms with van der Waals surface area (Å²) in [6.07, 6.45) is 1.33. The van der Waals surface area contributed by atoms with E-state index in [0.29, 0.717) is 13.0 Å². The van der Waals surface area contributed by atoms with Crippen LogP contribution < -0.4 is 5.32 Å². The first kappa shape index (κ1) is 13.3. The van der Waals surface area contributed by atoms with Crippen molar-refractivity contribution in [2.45, 2.75) is 19.4 Å². The van der Waals surface area contributed by atoms with Crippen LogP contribution in [0.15, 0.2) is 46.3 Å². The average Bonchev–Trinajstić information content (AvgIpc) is 2.81. The van der Waals surface area contributed by atoms with Crippen LogP contribution >= 0.6 is 27.3 Å². The summed E-state index contributed by atoms with van der Waals surface area (Å²) in [6, 6.07) is 12.1. The van der Waals surface area contributed by atoms with Crippen LogP contribution in [0.25, 0.3) is 0 Å². The summed E-state index contributed by atoms with van der Waals surface area (Å²) in [5, 5.41) is 4.95. The number of carbonyl (C=O) groups is 1. The lowest BCUT2D eigenvalue weighted by molar-refractivity contribution is -0.121. The van der Waals surface area contributed by atoms with Gasteiger partial charge in [0.05, 0.1) is 6.54 Å². The fourth-order valence-corrected chi connectivity index (χ4v) is 3.01. The van der Waals surface area contributed by atoms with Crippen molar-refractivity contribution in [3.8, 4) is 0 Å². The maximum atomic E-state index is 11.7. The first-order valence-corrected chi connectivity index (χ1v) is 7.45. The van der Waals surface area contributed by atoms with E-state index in [2.05, 4.69) is 21.2 Å². The Morgan fingerprint density at radius 1 is 1.28 bits per heavy atom. The van der Waals surface area contributed by atoms with Gasteiger partial charge in [0.25, 0.3) is 0 Å². The standard InChI is InChI=1S/C14H14BrNOS/c15-12-8-13(18-10-12)9-16-14(17)7-6-11-4-2-1-3-5-11/h1-5,8,10H,6-7,9H2,(H,16,17). The van der Waals surface area contributed by atoms with Gasteiger partial charge in [-0.25, -0.2) is 0 Å². The minimum atomic E-state index is 0.100. The van der Waals surface area contributed by atoms with Crippen LogP contribution in [0.2, 0.25) is 0 Å². The molecule has 4 heteroatoms. The number of amides is 1. The summed E-state index contributed by atoms with van der Waals surface area (Å²) < 4.78 is 1.07. The molecular formula is C14H14BrNOS. The molecule has 0 saturated heterocycles. The van der Waals surface area contributed by atoms with Crippen LogP contribution in [0.1, 0.15) is 16.9 Å². The second-order valence-corrected chi connectivity index (χ2v) is 5.91. The molecular weight excluding hydrogens is 310 g/mol. The van der Waals surface area contributed by atoms with Gasteiger partial charge < -0.3 is 5.32 Å². The summed E-state index contributed by atoms with van der Waals surface area (Å²) in [6.45, 7) is 0.615. The third kappa shape index (κ3) is 4.27. The van der Waals surface area contributed by atoms with Crippen molar-refractivity contribution in [1.82, 2.24) is 5.32 Å². The monoisotopic (exact) mass is 323 g/mol. The van der Waals surface area contributed by atoms with E-state index >= 15 is 0 Å². The Bertz CT molecular complexity index is 510. The molecule has 1 N–H and O–H groups in total. The molecule has 0 unspecified atom stereocenters. The van der Waals surface area contributed by atoms with E-state index in [9.17, 15) is 4.79 Å². The Hall–Kier alpha value is -1.13. The minimum absolute atomic E-state index is 0.100. The van der Waals surface area contributed by atoms with Crippen LogP contribution in [0, 0.1) is 0 Å². The maximum Gasteiger partial charge on any atom is 0.220 e. The number of hydrogen-bond acceptors (Lipinski definition) is 2. The molecule has 18 heavy (non-hydrogen) atoms. The van der Waals surface area contributed by atoms with Gasteiger partial charge in [0, 0.05) is 21.2 Å². The normalized spacial score (nSPS) is 10.3. The van der Waals surface area contributed by atoms with Gasteiger partial charge in [-0.1, -0.05) is 30.3 Å². The Morgan fingerprint density at radius 2 is 2.06 bits per heavy atom. The fraction of sp³-hybridized carbons (Fsp3) is 0.214. The minimum Gasteiger partial charge on any atom is -0.351 e. The number of hydrogen-bond donors (Lipinski definition) is 1. The number of aryl methyl sites for hydroxylation is 1. The van der Waals surface area contributed by atoms with Crippen molar-refractivity contribution in [2.75, 3.05) is 0 Å². The number of benzene rings is 1. The van der Waals surface area contributed by atoms with Crippen molar-refractivity contribution in [2.24, 2.45) is 0 Å². The molecule has 0 bridgehead atoms. The molecule has 2 nitrogen and oxygen atoms in total. The Morgan fingerprint density at radius 3 is 2.72 bits per heavy atom. The number of nitrogens with one attached hydrogen (secondary N) is 1. The van der Waals surface area contributed by atoms with Gasteiger partial charge in [0.15, 0.2) is 0 Å². The van der Waals surface area contributed by atoms with Crippen LogP contribution in [0.3, 0.4) is 0 Å². The highest BCUT2D eigenvalue weighted by atomic mass is 79.9. The number of carbonyl (C=O) groups excluding carboxylic acids is 1. The van der Waals surface area contributed by atoms with Crippen LogP contribution in [-0.2, 0) is 17.8 Å². The molecule has 0 fully saturated rings. The van der Waals surface area contributed by atoms with E-state index < -0.39 is 0 Å². The Balaban J connectivity index is 1.73. The molecule has 0 aliphatic carbocycles. The Kier molecular flexibility index (Phi) is 4.96. The second-order valence-electron chi connectivity index (χ2n) is 3.99. The summed E-state index contributed by atoms with van der Waals surface area (Å²) in [4.78, 5) is 12.8. The lowest BCUT2D eigenvalue weighted by atomic mass is 10.1. The molecule has 1 aromatic carbocycles. The molecule has 94 valence electrons. The van der Waals surface area contributed by atoms with Gasteiger partial charge in [-0.05, 0) is 34.0 Å². The Labute approximate surface area is 119 Å². The summed E-state index contributed by atoms with van der Waals surface area (Å²) in [7, 11) is 0. The lowest BCUT2D eigenvalue weighted by Crippen LogP contribution is -2.22. The lowest BCUT2D eigenvalue weighted by Gasteiger charge is -2.03. The number of halogens is 1. The highest BCUT2D eigenvalue weighted by Crippen LogP contribution is 2.19. The van der Waals surface area contributed by atoms with Crippen molar-refractivity contribution in [3.63, 3.8) is 0 Å². The molecule has 0 spiro atoms. The first-order chi connectivity index (χ1) is 8.74. The smallest absolute Gasteiger partial charge is 0.220 e. The van der Waals surface area contributed by atoms with E-state index in [-0.39, 0.29) is 5.91 Å². The molecule has 1 heterocycles. The predicted molar refractivity (Wildman–Crippen MR) is 78.6 cm³/mol. The molecule has 1 amide bonds. The maximum absolute atomic E-state index is 11.7. The van der Waals surface area contributed by atoms with Gasteiger partial charge in [-0.15, -0.1) is 11.3 Å². The molecule has 2 rings (SSSR count). The van der Waals surface area contributed by atoms with Gasteiger partial charge >= 0.3 is 0 Å². The van der Waals surface area contributed by atoms with Crippen LogP contribution in [-0.4, -0.2) is 5.91 Å². The molecule has 2 aromatic rings. The molecule has 0 radical (unpaired) electrons. The van der Waals surface area contributed by atoms with Crippen LogP contribution in [0.4, 0.5) is 0 Å². The quantitative estimate of drug-likeness (QED) is 0.891. The van der Waals surface area contributed by atoms with Crippen molar-refractivity contribution < 1.29 is 4.79 Å². The van der Waals surface area contributed by atoms with Gasteiger partial charge in [0.2, 0.25) is 5.91 Å². The van der Waals surface area contributed by atoms with Crippen LogP contribution in [0.5, 0.6) is 0 Å². The zero-order chi connectivity index (χ0) is 12.8. The summed E-state index contributed by atoms with van der Waals surface area (Å²) >= 11 is 5.04. The largest absolute Gasteiger partial charge is 0.351 e. The van der Waals surface area contributed by atoms with E-state index in [4.69, 9.17) is 0 Å². The SMILES string of the molecule is O=C(CCc1ccccc1)NCc1cc(Br)cs1. The van der Waals surface area contributed by atoms with Gasteiger partial charge in [0.1, 0.15) is 0 Å². The third-order valence-corrected chi connectivity index (χ3v) is 4.26. The summed E-state index contributed by atoms with van der Waals surface area (Å²) in [5.41, 5.74) is 1.20. The summed E-state index contributed by atoms with van der Waals surface area (Å²) in [5.74, 6) is 0.100. The van der Waals surface area contributed by atoms with Crippen molar-refractivity contribution in [3.05, 3.63) is 56.7 Å². The highest BCUT2D eigenvalue weighted by molar-refractivity contribution is 9.10. The average molecular weight is 324 g/mol. The van der Waals surface area contributed by atoms with E-state index in [1.54, 1.807) is 11.3 Å². The fourth-order valence-electron chi connectivity index (χ4n) is 1.62. The zero-order valence-corrected chi connectivity index (χ0v) is 12.3.